The highest BCUT2D eigenvalue weighted by molar-refractivity contribution is 7.91. The van der Waals surface area contributed by atoms with Gasteiger partial charge in [0.25, 0.3) is 0 Å². The van der Waals surface area contributed by atoms with Crippen LogP contribution in [0, 0.1) is 16.7 Å². The average molecular weight is 293 g/mol. The van der Waals surface area contributed by atoms with Gasteiger partial charge in [-0.25, -0.2) is 8.42 Å². The third kappa shape index (κ3) is 1.98. The number of carbonyl (C=O) groups is 1. The molecule has 0 unspecified atom stereocenters. The zero-order valence-corrected chi connectivity index (χ0v) is 12.0. The molecule has 106 valence electrons. The van der Waals surface area contributed by atoms with Gasteiger partial charge in [-0.2, -0.15) is 5.26 Å². The standard InChI is InChI=1S/C14H15NO4S/c1-3-9-4-6-10(7-5-9)11-12(20(2,18)19)14(11,8-15)13(16)17/h4-7,11-12H,3H2,1-2H3,(H,16,17)/t11-,12+,14-/m1/s1. The van der Waals surface area contributed by atoms with Gasteiger partial charge < -0.3 is 5.11 Å². The van der Waals surface area contributed by atoms with Gasteiger partial charge in [-0.15, -0.1) is 0 Å². The summed E-state index contributed by atoms with van der Waals surface area (Å²) in [6.45, 7) is 1.99. The molecule has 0 amide bonds. The third-order valence-corrected chi connectivity index (χ3v) is 5.45. The van der Waals surface area contributed by atoms with Crippen LogP contribution in [0.15, 0.2) is 24.3 Å². The quantitative estimate of drug-likeness (QED) is 0.904. The molecule has 3 atom stereocenters. The Morgan fingerprint density at radius 2 is 1.95 bits per heavy atom. The lowest BCUT2D eigenvalue weighted by atomic mass is 9.99. The maximum Gasteiger partial charge on any atom is 0.326 e. The third-order valence-electron chi connectivity index (χ3n) is 3.88. The van der Waals surface area contributed by atoms with Crippen molar-refractivity contribution in [1.29, 1.82) is 5.26 Å². The van der Waals surface area contributed by atoms with Crippen molar-refractivity contribution >= 4 is 15.8 Å². The van der Waals surface area contributed by atoms with Gasteiger partial charge >= 0.3 is 5.97 Å². The first kappa shape index (κ1) is 14.5. The van der Waals surface area contributed by atoms with Gasteiger partial charge in [-0.05, 0) is 17.5 Å². The van der Waals surface area contributed by atoms with Crippen molar-refractivity contribution in [3.63, 3.8) is 0 Å². The Bertz CT molecular complexity index is 687. The molecule has 0 bridgehead atoms. The molecule has 1 fully saturated rings. The van der Waals surface area contributed by atoms with Crippen LogP contribution in [0.3, 0.4) is 0 Å². The van der Waals surface area contributed by atoms with Crippen LogP contribution in [-0.2, 0) is 21.1 Å². The first-order valence-corrected chi connectivity index (χ1v) is 8.16. The Labute approximate surface area is 117 Å². The highest BCUT2D eigenvalue weighted by Gasteiger charge is 2.76. The van der Waals surface area contributed by atoms with Gasteiger partial charge in [-0.1, -0.05) is 31.2 Å². The second-order valence-electron chi connectivity index (χ2n) is 5.11. The molecule has 0 aliphatic heterocycles. The molecule has 6 heteroatoms. The summed E-state index contributed by atoms with van der Waals surface area (Å²) in [6, 6.07) is 8.79. The van der Waals surface area contributed by atoms with Crippen molar-refractivity contribution in [1.82, 2.24) is 0 Å². The molecule has 0 spiro atoms. The predicted octanol–water partition coefficient (Wildman–Crippen LogP) is 1.35. The first-order chi connectivity index (χ1) is 9.29. The number of hydrogen-bond donors (Lipinski definition) is 1. The maximum atomic E-state index is 11.8. The van der Waals surface area contributed by atoms with E-state index in [4.69, 9.17) is 0 Å². The van der Waals surface area contributed by atoms with Gasteiger partial charge in [0.15, 0.2) is 15.3 Å². The lowest BCUT2D eigenvalue weighted by Crippen LogP contribution is -2.21. The molecule has 1 aliphatic carbocycles. The van der Waals surface area contributed by atoms with E-state index < -0.39 is 32.4 Å². The van der Waals surface area contributed by atoms with Crippen LogP contribution in [0.4, 0.5) is 0 Å². The Balaban J connectivity index is 2.49. The van der Waals surface area contributed by atoms with Crippen molar-refractivity contribution in [3.05, 3.63) is 35.4 Å². The van der Waals surface area contributed by atoms with Gasteiger partial charge in [0.05, 0.1) is 6.07 Å². The number of hydrogen-bond acceptors (Lipinski definition) is 4. The van der Waals surface area contributed by atoms with Crippen LogP contribution in [0.1, 0.15) is 24.0 Å². The van der Waals surface area contributed by atoms with E-state index in [0.717, 1.165) is 18.2 Å². The second-order valence-corrected chi connectivity index (χ2v) is 7.28. The Kier molecular flexibility index (Phi) is 3.34. The Hall–Kier alpha value is -1.87. The van der Waals surface area contributed by atoms with E-state index in [1.165, 1.54) is 0 Å². The number of aliphatic carboxylic acids is 1. The summed E-state index contributed by atoms with van der Waals surface area (Å²) in [5.74, 6) is -2.18. The van der Waals surface area contributed by atoms with Crippen LogP contribution >= 0.6 is 0 Å². The minimum absolute atomic E-state index is 0.585. The van der Waals surface area contributed by atoms with E-state index in [9.17, 15) is 23.6 Å². The molecule has 0 heterocycles. The number of aryl methyl sites for hydroxylation is 1. The van der Waals surface area contributed by atoms with Crippen LogP contribution in [0.25, 0.3) is 0 Å². The molecule has 20 heavy (non-hydrogen) atoms. The van der Waals surface area contributed by atoms with E-state index in [0.29, 0.717) is 5.56 Å². The summed E-state index contributed by atoms with van der Waals surface area (Å²) >= 11 is 0. The Morgan fingerprint density at radius 3 is 2.25 bits per heavy atom. The van der Waals surface area contributed by atoms with E-state index in [1.54, 1.807) is 18.2 Å². The van der Waals surface area contributed by atoms with E-state index in [2.05, 4.69) is 0 Å². The first-order valence-electron chi connectivity index (χ1n) is 6.21. The normalized spacial score (nSPS) is 28.6. The van der Waals surface area contributed by atoms with Crippen LogP contribution < -0.4 is 0 Å². The smallest absolute Gasteiger partial charge is 0.326 e. The summed E-state index contributed by atoms with van der Waals surface area (Å²) in [5.41, 5.74) is -0.203. The molecule has 0 aromatic heterocycles. The average Bonchev–Trinajstić information content (AvgIpc) is 3.09. The second kappa shape index (κ2) is 4.60. The number of carboxylic acid groups (broad SMARTS) is 1. The zero-order chi connectivity index (χ0) is 15.1. The highest BCUT2D eigenvalue weighted by Crippen LogP contribution is 2.62. The van der Waals surface area contributed by atoms with E-state index >= 15 is 0 Å². The lowest BCUT2D eigenvalue weighted by molar-refractivity contribution is -0.141. The summed E-state index contributed by atoms with van der Waals surface area (Å²) < 4.78 is 23.5. The summed E-state index contributed by atoms with van der Waals surface area (Å²) in [4.78, 5) is 11.4. The minimum Gasteiger partial charge on any atom is -0.480 e. The fraction of sp³-hybridized carbons (Fsp3) is 0.429. The molecule has 1 N–H and O–H groups in total. The molecule has 1 aromatic rings. The fourth-order valence-electron chi connectivity index (χ4n) is 2.78. The van der Waals surface area contributed by atoms with Crippen molar-refractivity contribution in [2.75, 3.05) is 6.26 Å². The molecular formula is C14H15NO4S. The van der Waals surface area contributed by atoms with Crippen molar-refractivity contribution in [2.24, 2.45) is 5.41 Å². The number of carboxylic acids is 1. The van der Waals surface area contributed by atoms with Gasteiger partial charge in [0.2, 0.25) is 0 Å². The van der Waals surface area contributed by atoms with Gasteiger partial charge in [0, 0.05) is 12.2 Å². The van der Waals surface area contributed by atoms with Crippen molar-refractivity contribution in [2.45, 2.75) is 24.5 Å². The molecule has 1 saturated carbocycles. The van der Waals surface area contributed by atoms with E-state index in [1.807, 2.05) is 19.1 Å². The van der Waals surface area contributed by atoms with Crippen LogP contribution in [-0.4, -0.2) is 31.0 Å². The number of sulfone groups is 1. The molecule has 5 nitrogen and oxygen atoms in total. The molecule has 0 saturated heterocycles. The van der Waals surface area contributed by atoms with Gasteiger partial charge in [-0.3, -0.25) is 4.79 Å². The number of nitrogens with zero attached hydrogens (tertiary/aromatic N) is 1. The number of benzene rings is 1. The molecule has 1 aliphatic rings. The van der Waals surface area contributed by atoms with E-state index in [-0.39, 0.29) is 0 Å². The SMILES string of the molecule is CCc1ccc([C@@H]2[C@H](S(C)(=O)=O)[C@]2(C#N)C(=O)O)cc1. The summed E-state index contributed by atoms with van der Waals surface area (Å²) in [6.07, 6.45) is 1.82. The number of rotatable bonds is 4. The lowest BCUT2D eigenvalue weighted by Gasteiger charge is -2.03. The number of nitriles is 1. The summed E-state index contributed by atoms with van der Waals surface area (Å²) in [7, 11) is -3.61. The Morgan fingerprint density at radius 1 is 1.40 bits per heavy atom. The fourth-order valence-corrected chi connectivity index (χ4v) is 4.54. The van der Waals surface area contributed by atoms with Gasteiger partial charge in [0.1, 0.15) is 5.25 Å². The molecule has 1 aromatic carbocycles. The highest BCUT2D eigenvalue weighted by atomic mass is 32.2. The topological polar surface area (TPSA) is 95.2 Å². The zero-order valence-electron chi connectivity index (χ0n) is 11.2. The van der Waals surface area contributed by atoms with Crippen LogP contribution in [0.2, 0.25) is 0 Å². The largest absolute Gasteiger partial charge is 0.480 e. The van der Waals surface area contributed by atoms with Crippen molar-refractivity contribution < 1.29 is 18.3 Å². The predicted molar refractivity (Wildman–Crippen MR) is 72.9 cm³/mol. The molecule has 0 radical (unpaired) electrons. The molecule has 2 rings (SSSR count). The minimum atomic E-state index is -3.61. The van der Waals surface area contributed by atoms with Crippen LogP contribution in [0.5, 0.6) is 0 Å². The monoisotopic (exact) mass is 293 g/mol. The molecular weight excluding hydrogens is 278 g/mol. The maximum absolute atomic E-state index is 11.8. The van der Waals surface area contributed by atoms with Crippen molar-refractivity contribution in [3.8, 4) is 6.07 Å². The summed E-state index contributed by atoms with van der Waals surface area (Å²) in [5, 5.41) is 17.3.